The third-order valence-electron chi connectivity index (χ3n) is 8.62. The Bertz CT molecular complexity index is 1450. The molecule has 3 fully saturated rings. The fraction of sp³-hybridized carbons (Fsp3) is 0.481. The Morgan fingerprint density at radius 3 is 2.58 bits per heavy atom. The summed E-state index contributed by atoms with van der Waals surface area (Å²) < 4.78 is 34.4. The molecule has 6 rings (SSSR count). The van der Waals surface area contributed by atoms with Crippen LogP contribution in [0.4, 0.5) is 14.5 Å². The summed E-state index contributed by atoms with van der Waals surface area (Å²) in [4.78, 5) is 35.7. The van der Waals surface area contributed by atoms with E-state index in [1.807, 2.05) is 0 Å². The number of hydrogen-bond acceptors (Lipinski definition) is 8. The van der Waals surface area contributed by atoms with Crippen molar-refractivity contribution in [1.82, 2.24) is 19.3 Å². The molecule has 40 heavy (non-hydrogen) atoms. The summed E-state index contributed by atoms with van der Waals surface area (Å²) in [5.74, 6) is -1.67. The van der Waals surface area contributed by atoms with Gasteiger partial charge in [0.05, 0.1) is 23.9 Å². The summed E-state index contributed by atoms with van der Waals surface area (Å²) in [6, 6.07) is 6.84. The van der Waals surface area contributed by atoms with Crippen LogP contribution >= 0.6 is 0 Å². The molecule has 212 valence electrons. The average Bonchev–Trinajstić information content (AvgIpc) is 3.29. The Morgan fingerprint density at radius 2 is 1.90 bits per heavy atom. The van der Waals surface area contributed by atoms with Gasteiger partial charge in [-0.25, -0.2) is 18.7 Å². The average molecular weight is 556 g/mol. The van der Waals surface area contributed by atoms with Gasteiger partial charge in [-0.1, -0.05) is 0 Å². The smallest absolute Gasteiger partial charge is 0.295 e. The molecule has 2 aliphatic carbocycles. The number of piperazine rings is 1. The van der Waals surface area contributed by atoms with E-state index in [0.717, 1.165) is 32.2 Å². The maximum absolute atomic E-state index is 13.6. The van der Waals surface area contributed by atoms with Crippen molar-refractivity contribution in [1.29, 1.82) is 0 Å². The second-order valence-corrected chi connectivity index (χ2v) is 11.1. The van der Waals surface area contributed by atoms with Gasteiger partial charge in [0.2, 0.25) is 5.88 Å². The van der Waals surface area contributed by atoms with Crippen LogP contribution in [0.15, 0.2) is 36.7 Å². The number of halogens is 2. The van der Waals surface area contributed by atoms with Gasteiger partial charge in [-0.15, -0.1) is 0 Å². The number of ether oxygens (including phenoxy) is 1. The highest BCUT2D eigenvalue weighted by Crippen LogP contribution is 2.58. The molecule has 0 radical (unpaired) electrons. The van der Waals surface area contributed by atoms with Gasteiger partial charge in [0.15, 0.2) is 11.5 Å². The maximum Gasteiger partial charge on any atom is 0.295 e. The van der Waals surface area contributed by atoms with E-state index < -0.39 is 24.1 Å². The molecule has 0 unspecified atom stereocenters. The number of imidazole rings is 1. The van der Waals surface area contributed by atoms with Crippen molar-refractivity contribution in [3.8, 4) is 5.88 Å². The van der Waals surface area contributed by atoms with Gasteiger partial charge in [0.1, 0.15) is 11.7 Å². The van der Waals surface area contributed by atoms with Gasteiger partial charge in [-0.2, -0.15) is 0 Å². The zero-order valence-electron chi connectivity index (χ0n) is 21.7. The number of carbonyl (C=O) groups is 2. The topological polar surface area (TPSA) is 152 Å². The number of alkyl halides is 2. The quantitative estimate of drug-likeness (QED) is 0.380. The first-order chi connectivity index (χ1) is 19.2. The summed E-state index contributed by atoms with van der Waals surface area (Å²) in [6.45, 7) is 1.89. The number of aromatic nitrogens is 3. The van der Waals surface area contributed by atoms with E-state index in [1.54, 1.807) is 36.7 Å². The van der Waals surface area contributed by atoms with Gasteiger partial charge in [-0.05, 0) is 55.4 Å². The molecule has 1 saturated heterocycles. The van der Waals surface area contributed by atoms with Gasteiger partial charge in [0, 0.05) is 38.1 Å². The lowest BCUT2D eigenvalue weighted by Crippen LogP contribution is -2.65. The second-order valence-electron chi connectivity index (χ2n) is 11.1. The Kier molecular flexibility index (Phi) is 6.57. The van der Waals surface area contributed by atoms with Crippen molar-refractivity contribution >= 4 is 23.0 Å². The molecule has 5 N–H and O–H groups in total. The van der Waals surface area contributed by atoms with Gasteiger partial charge in [-0.3, -0.25) is 18.9 Å². The van der Waals surface area contributed by atoms with Gasteiger partial charge < -0.3 is 26.2 Å². The number of aliphatic hydroxyl groups excluding tert-OH is 1. The number of nitrogens with zero attached hydrogens (tertiary/aromatic N) is 5. The van der Waals surface area contributed by atoms with Gasteiger partial charge >= 0.3 is 0 Å². The molecule has 3 aliphatic rings. The molecule has 1 spiro atoms. The number of rotatable bonds is 8. The number of hydrogen-bond donors (Lipinski definition) is 3. The van der Waals surface area contributed by atoms with Crippen molar-refractivity contribution in [3.63, 3.8) is 0 Å². The van der Waals surface area contributed by atoms with E-state index in [1.165, 1.54) is 4.40 Å². The lowest BCUT2D eigenvalue weighted by atomic mass is 9.52. The van der Waals surface area contributed by atoms with Crippen molar-refractivity contribution in [2.45, 2.75) is 50.3 Å². The van der Waals surface area contributed by atoms with Crippen LogP contribution in [0.25, 0.3) is 5.52 Å². The number of amides is 2. The highest BCUT2D eigenvalue weighted by atomic mass is 19.3. The Balaban J connectivity index is 1.08. The van der Waals surface area contributed by atoms with E-state index in [4.69, 9.17) is 16.2 Å². The molecule has 4 heterocycles. The Morgan fingerprint density at radius 1 is 1.12 bits per heavy atom. The molecule has 2 saturated carbocycles. The van der Waals surface area contributed by atoms with Crippen LogP contribution < -0.4 is 21.1 Å². The lowest BCUT2D eigenvalue weighted by molar-refractivity contribution is -0.126. The van der Waals surface area contributed by atoms with E-state index >= 15 is 0 Å². The SMILES string of the molecule is NC(=O)c1cccnc1OC1CC2(C1)CC(N1CCN(c3ccc4c(C(N)=O)nc(C(F)F)n4c3)C[C@H]1CO)C2. The third kappa shape index (κ3) is 4.52. The standard InChI is InChI=1S/C27H31F2N7O4/c28-22(29)25-33-21(24(31)39)20-4-3-15(13-36(20)25)34-6-7-35(17(12-34)14-37)16-8-27(9-16)10-18(11-27)40-26-19(23(30)38)2-1-5-32-26/h1-5,13,16-18,22,37H,6-12,14H2,(H2,30,38)(H2,31,39)/t16?,17-,18?,27?/m0/s1. The van der Waals surface area contributed by atoms with Crippen LogP contribution in [0, 0.1) is 5.41 Å². The Labute approximate surface area is 228 Å². The van der Waals surface area contributed by atoms with Crippen molar-refractivity contribution in [3.05, 3.63) is 53.7 Å². The number of nitrogens with two attached hydrogens (primary N) is 2. The highest BCUT2D eigenvalue weighted by Gasteiger charge is 2.56. The summed E-state index contributed by atoms with van der Waals surface area (Å²) in [7, 11) is 0. The lowest BCUT2D eigenvalue weighted by Gasteiger charge is -2.61. The summed E-state index contributed by atoms with van der Waals surface area (Å²) in [5, 5.41) is 10.2. The fourth-order valence-electron chi connectivity index (χ4n) is 6.69. The number of primary amides is 2. The predicted molar refractivity (Wildman–Crippen MR) is 140 cm³/mol. The molecule has 11 nitrogen and oxygen atoms in total. The molecule has 1 aliphatic heterocycles. The predicted octanol–water partition coefficient (Wildman–Crippen LogP) is 1.74. The van der Waals surface area contributed by atoms with E-state index in [9.17, 15) is 23.5 Å². The summed E-state index contributed by atoms with van der Waals surface area (Å²) in [6.07, 6.45) is 4.03. The molecule has 1 atom stereocenters. The maximum atomic E-state index is 13.6. The highest BCUT2D eigenvalue weighted by molar-refractivity contribution is 5.98. The molecular formula is C27H31F2N7O4. The molecule has 2 amide bonds. The largest absolute Gasteiger partial charge is 0.474 e. The third-order valence-corrected chi connectivity index (χ3v) is 8.62. The first kappa shape index (κ1) is 26.4. The van der Waals surface area contributed by atoms with Crippen LogP contribution in [0.2, 0.25) is 0 Å². The number of aliphatic hydroxyl groups is 1. The van der Waals surface area contributed by atoms with Gasteiger partial charge in [0.25, 0.3) is 18.2 Å². The normalized spacial score (nSPS) is 26.6. The molecule has 3 aromatic rings. The summed E-state index contributed by atoms with van der Waals surface area (Å²) in [5.41, 5.74) is 12.0. The fourth-order valence-corrected chi connectivity index (χ4v) is 6.69. The van der Waals surface area contributed by atoms with Crippen molar-refractivity contribution in [2.75, 3.05) is 31.1 Å². The molecular weight excluding hydrogens is 524 g/mol. The Hall–Kier alpha value is -3.84. The molecule has 0 aromatic carbocycles. The number of anilines is 1. The number of carbonyl (C=O) groups excluding carboxylic acids is 2. The van der Waals surface area contributed by atoms with E-state index in [-0.39, 0.29) is 46.8 Å². The van der Waals surface area contributed by atoms with Crippen LogP contribution in [0.1, 0.15) is 58.8 Å². The van der Waals surface area contributed by atoms with Crippen LogP contribution in [-0.4, -0.2) is 80.6 Å². The minimum Gasteiger partial charge on any atom is -0.474 e. The number of fused-ring (bicyclic) bond motifs is 1. The van der Waals surface area contributed by atoms with Crippen LogP contribution in [0.3, 0.4) is 0 Å². The summed E-state index contributed by atoms with van der Waals surface area (Å²) >= 11 is 0. The molecule has 3 aromatic heterocycles. The van der Waals surface area contributed by atoms with Crippen molar-refractivity contribution in [2.24, 2.45) is 16.9 Å². The first-order valence-corrected chi connectivity index (χ1v) is 13.3. The second kappa shape index (κ2) is 9.97. The molecule has 0 bridgehead atoms. The van der Waals surface area contributed by atoms with Crippen LogP contribution in [0.5, 0.6) is 5.88 Å². The minimum absolute atomic E-state index is 0.00857. The first-order valence-electron chi connectivity index (χ1n) is 13.3. The van der Waals surface area contributed by atoms with E-state index in [0.29, 0.717) is 24.8 Å². The molecule has 13 heteroatoms. The zero-order chi connectivity index (χ0) is 28.2. The van der Waals surface area contributed by atoms with E-state index in [2.05, 4.69) is 19.8 Å². The number of pyridine rings is 2. The zero-order valence-corrected chi connectivity index (χ0v) is 21.7. The van der Waals surface area contributed by atoms with Crippen LogP contribution in [-0.2, 0) is 0 Å². The van der Waals surface area contributed by atoms with Crippen molar-refractivity contribution < 1.29 is 28.2 Å². The monoisotopic (exact) mass is 555 g/mol. The minimum atomic E-state index is -2.87.